The van der Waals surface area contributed by atoms with Crippen LogP contribution in [0.1, 0.15) is 29.2 Å². The molecule has 2 N–H and O–H groups in total. The highest BCUT2D eigenvalue weighted by Crippen LogP contribution is 2.57. The van der Waals surface area contributed by atoms with Gasteiger partial charge >= 0.3 is 12.4 Å². The number of phenols is 2. The van der Waals surface area contributed by atoms with Gasteiger partial charge in [-0.05, 0) is 54.8 Å². The van der Waals surface area contributed by atoms with E-state index in [2.05, 4.69) is 9.98 Å². The molecule has 0 heterocycles. The molecule has 0 aliphatic rings. The van der Waals surface area contributed by atoms with E-state index >= 15 is 0 Å². The Hall–Kier alpha value is -3.82. The predicted molar refractivity (Wildman–Crippen MR) is 121 cm³/mol. The third-order valence-electron chi connectivity index (χ3n) is 5.33. The normalized spacial score (nSPS) is 13.1. The fourth-order valence-electron chi connectivity index (χ4n) is 3.74. The summed E-state index contributed by atoms with van der Waals surface area (Å²) in [6.45, 7) is 3.19. The average Bonchev–Trinajstić information content (AvgIpc) is 2.74. The molecule has 0 bridgehead atoms. The van der Waals surface area contributed by atoms with Gasteiger partial charge in [0.05, 0.1) is 0 Å². The van der Waals surface area contributed by atoms with Crippen molar-refractivity contribution in [3.63, 3.8) is 0 Å². The molecule has 10 heteroatoms. The lowest BCUT2D eigenvalue weighted by molar-refractivity contribution is -0.288. The maximum atomic E-state index is 14.5. The van der Waals surface area contributed by atoms with Crippen LogP contribution in [-0.4, -0.2) is 35.0 Å². The maximum absolute atomic E-state index is 14.5. The monoisotopic (exact) mass is 494 g/mol. The van der Waals surface area contributed by atoms with Gasteiger partial charge in [0, 0.05) is 12.4 Å². The van der Waals surface area contributed by atoms with Crippen molar-refractivity contribution in [1.82, 2.24) is 0 Å². The molecule has 0 saturated heterocycles. The van der Waals surface area contributed by atoms with Crippen LogP contribution in [0.2, 0.25) is 0 Å². The predicted octanol–water partition coefficient (Wildman–Crippen LogP) is 7.29. The molecule has 0 aliphatic heterocycles. The highest BCUT2D eigenvalue weighted by atomic mass is 19.4. The lowest BCUT2D eigenvalue weighted by atomic mass is 9.72. The Morgan fingerprint density at radius 1 is 0.714 bits per heavy atom. The second-order valence-electron chi connectivity index (χ2n) is 7.71. The van der Waals surface area contributed by atoms with E-state index in [1.807, 2.05) is 0 Å². The summed E-state index contributed by atoms with van der Waals surface area (Å²) in [5, 5.41) is 20.0. The number of aliphatic imine (C=N–C) groups is 2. The van der Waals surface area contributed by atoms with Gasteiger partial charge in [-0.25, -0.2) is 0 Å². The highest BCUT2D eigenvalue weighted by molar-refractivity contribution is 5.83. The van der Waals surface area contributed by atoms with Crippen LogP contribution in [0.3, 0.4) is 0 Å². The lowest BCUT2D eigenvalue weighted by Crippen LogP contribution is -2.54. The van der Waals surface area contributed by atoms with E-state index in [9.17, 15) is 36.6 Å². The molecule has 0 radical (unpaired) electrons. The molecule has 0 aromatic heterocycles. The lowest BCUT2D eigenvalue weighted by Gasteiger charge is -2.38. The van der Waals surface area contributed by atoms with Crippen molar-refractivity contribution in [3.05, 3.63) is 82.9 Å². The van der Waals surface area contributed by atoms with Crippen LogP contribution >= 0.6 is 0 Å². The summed E-state index contributed by atoms with van der Waals surface area (Å²) in [6, 6.07) is 10.5. The summed E-state index contributed by atoms with van der Waals surface area (Å²) in [5.41, 5.74) is -6.44. The van der Waals surface area contributed by atoms with Crippen LogP contribution in [0.5, 0.6) is 11.5 Å². The molecule has 3 aromatic carbocycles. The zero-order valence-corrected chi connectivity index (χ0v) is 18.5. The van der Waals surface area contributed by atoms with Gasteiger partial charge in [0.25, 0.3) is 0 Å². The second kappa shape index (κ2) is 9.44. The van der Waals surface area contributed by atoms with Crippen LogP contribution < -0.4 is 0 Å². The molecule has 0 unspecified atom stereocenters. The van der Waals surface area contributed by atoms with Crippen molar-refractivity contribution in [3.8, 4) is 11.5 Å². The van der Waals surface area contributed by atoms with E-state index in [1.165, 1.54) is 13.1 Å². The van der Waals surface area contributed by atoms with Gasteiger partial charge in [0.2, 0.25) is 5.41 Å². The zero-order valence-electron chi connectivity index (χ0n) is 18.5. The number of rotatable bonds is 5. The fourth-order valence-corrected chi connectivity index (χ4v) is 3.74. The van der Waals surface area contributed by atoms with Crippen molar-refractivity contribution in [2.24, 2.45) is 9.98 Å². The first-order valence-electron chi connectivity index (χ1n) is 10.2. The summed E-state index contributed by atoms with van der Waals surface area (Å²) in [4.78, 5) is 7.60. The van der Waals surface area contributed by atoms with Crippen LogP contribution in [0.15, 0.2) is 70.6 Å². The first-order chi connectivity index (χ1) is 16.3. The largest absolute Gasteiger partial charge is 0.506 e. The van der Waals surface area contributed by atoms with Crippen molar-refractivity contribution in [2.75, 3.05) is 0 Å². The van der Waals surface area contributed by atoms with E-state index in [-0.39, 0.29) is 0 Å². The standard InChI is InChI=1S/C25H20F6N2O2/c1-3-32-19-12-17(7-9-21(19)34)23(24(26,27)28,25(29,30)31)18-8-10-22(35)20(13-18)33-14-16-6-4-5-15(2)11-16/h3-14,34-35H,1-2H3/b32-3-,33-14-. The van der Waals surface area contributed by atoms with Gasteiger partial charge in [-0.1, -0.05) is 42.0 Å². The zero-order chi connectivity index (χ0) is 26.0. The number of nitrogens with zero attached hydrogens (tertiary/aromatic N) is 2. The van der Waals surface area contributed by atoms with Gasteiger partial charge in [0.15, 0.2) is 0 Å². The molecule has 0 amide bonds. The van der Waals surface area contributed by atoms with Crippen LogP contribution in [0.25, 0.3) is 0 Å². The number of hydrogen-bond donors (Lipinski definition) is 2. The van der Waals surface area contributed by atoms with Crippen molar-refractivity contribution in [2.45, 2.75) is 31.6 Å². The number of aromatic hydroxyl groups is 2. The maximum Gasteiger partial charge on any atom is 0.411 e. The molecule has 0 spiro atoms. The SMILES string of the molecule is C/C=N\c1cc(C(c2ccc(O)c(/N=C\c3cccc(C)c3)c2)(C(F)(F)F)C(F)(F)F)ccc1O. The quantitative estimate of drug-likeness (QED) is 0.289. The molecule has 4 nitrogen and oxygen atoms in total. The van der Waals surface area contributed by atoms with E-state index < -0.39 is 51.8 Å². The molecule has 0 aliphatic carbocycles. The summed E-state index contributed by atoms with van der Waals surface area (Å²) in [7, 11) is 0. The molecule has 3 rings (SSSR count). The Morgan fingerprint density at radius 3 is 1.69 bits per heavy atom. The molecule has 0 saturated carbocycles. The minimum absolute atomic E-state index is 0.459. The molecular formula is C25H20F6N2O2. The molecule has 0 atom stereocenters. The highest BCUT2D eigenvalue weighted by Gasteiger charge is 2.72. The van der Waals surface area contributed by atoms with Crippen molar-refractivity contribution in [1.29, 1.82) is 0 Å². The van der Waals surface area contributed by atoms with E-state index in [4.69, 9.17) is 0 Å². The molecular weight excluding hydrogens is 474 g/mol. The third-order valence-corrected chi connectivity index (χ3v) is 5.33. The van der Waals surface area contributed by atoms with Crippen LogP contribution in [-0.2, 0) is 5.41 Å². The number of benzene rings is 3. The Labute approximate surface area is 196 Å². The number of phenolic OH excluding ortho intramolecular Hbond substituents is 2. The number of alkyl halides is 6. The number of halogens is 6. The Balaban J connectivity index is 2.30. The smallest absolute Gasteiger partial charge is 0.411 e. The van der Waals surface area contributed by atoms with Gasteiger partial charge in [0.1, 0.15) is 22.9 Å². The fraction of sp³-hybridized carbons (Fsp3) is 0.200. The van der Waals surface area contributed by atoms with Crippen LogP contribution in [0, 0.1) is 6.92 Å². The second-order valence-corrected chi connectivity index (χ2v) is 7.71. The Morgan fingerprint density at radius 2 is 1.23 bits per heavy atom. The Bertz CT molecular complexity index is 1270. The van der Waals surface area contributed by atoms with Gasteiger partial charge < -0.3 is 10.2 Å². The minimum Gasteiger partial charge on any atom is -0.506 e. The molecule has 3 aromatic rings. The van der Waals surface area contributed by atoms with E-state index in [0.29, 0.717) is 29.8 Å². The van der Waals surface area contributed by atoms with Crippen molar-refractivity contribution < 1.29 is 36.6 Å². The Kier molecular flexibility index (Phi) is 6.96. The van der Waals surface area contributed by atoms with Crippen molar-refractivity contribution >= 4 is 23.8 Å². The molecule has 35 heavy (non-hydrogen) atoms. The first kappa shape index (κ1) is 25.8. The van der Waals surface area contributed by atoms with E-state index in [0.717, 1.165) is 23.9 Å². The van der Waals surface area contributed by atoms with Gasteiger partial charge in [-0.2, -0.15) is 26.3 Å². The van der Waals surface area contributed by atoms with E-state index in [1.54, 1.807) is 31.2 Å². The topological polar surface area (TPSA) is 65.2 Å². The number of hydrogen-bond acceptors (Lipinski definition) is 4. The van der Waals surface area contributed by atoms with Crippen LogP contribution in [0.4, 0.5) is 37.7 Å². The minimum atomic E-state index is -5.86. The summed E-state index contributed by atoms with van der Waals surface area (Å²) < 4.78 is 86.8. The average molecular weight is 494 g/mol. The summed E-state index contributed by atoms with van der Waals surface area (Å²) in [5.74, 6) is -1.18. The van der Waals surface area contributed by atoms with Gasteiger partial charge in [-0.3, -0.25) is 9.98 Å². The van der Waals surface area contributed by atoms with Gasteiger partial charge in [-0.15, -0.1) is 0 Å². The summed E-state index contributed by atoms with van der Waals surface area (Å²) in [6.07, 6.45) is -9.36. The third kappa shape index (κ3) is 4.87. The first-order valence-corrected chi connectivity index (χ1v) is 10.2. The summed E-state index contributed by atoms with van der Waals surface area (Å²) >= 11 is 0. The molecule has 184 valence electrons. The molecule has 0 fully saturated rings. The number of aryl methyl sites for hydroxylation is 1.